The van der Waals surface area contributed by atoms with Crippen LogP contribution in [0.5, 0.6) is 0 Å². The second kappa shape index (κ2) is 7.52. The molecule has 0 fully saturated rings. The van der Waals surface area contributed by atoms with Crippen molar-refractivity contribution < 1.29 is 9.53 Å². The normalized spacial score (nSPS) is 10.8. The number of ether oxygens (including phenoxy) is 1. The Balaban J connectivity index is 2.16. The number of hydrogen-bond acceptors (Lipinski definition) is 3. The van der Waals surface area contributed by atoms with Gasteiger partial charge in [0.1, 0.15) is 0 Å². The predicted molar refractivity (Wildman–Crippen MR) is 87.6 cm³/mol. The van der Waals surface area contributed by atoms with E-state index in [-0.39, 0.29) is 5.91 Å². The molecule has 21 heavy (non-hydrogen) atoms. The van der Waals surface area contributed by atoms with Crippen molar-refractivity contribution in [2.45, 2.75) is 20.3 Å². The summed E-state index contributed by atoms with van der Waals surface area (Å²) < 4.78 is 6.19. The molecule has 1 amide bonds. The molecule has 1 N–H and O–H groups in total. The fourth-order valence-corrected chi connectivity index (χ4v) is 2.50. The van der Waals surface area contributed by atoms with Gasteiger partial charge >= 0.3 is 0 Å². The summed E-state index contributed by atoms with van der Waals surface area (Å²) in [4.78, 5) is 16.8. The zero-order chi connectivity index (χ0) is 15.2. The minimum atomic E-state index is -0.0694. The van der Waals surface area contributed by atoms with Crippen LogP contribution in [0.2, 0.25) is 0 Å². The molecule has 0 bridgehead atoms. The van der Waals surface area contributed by atoms with Gasteiger partial charge in [0.05, 0.1) is 11.1 Å². The molecule has 0 spiro atoms. The van der Waals surface area contributed by atoms with Crippen molar-refractivity contribution in [2.75, 3.05) is 19.8 Å². The number of pyridine rings is 1. The lowest BCUT2D eigenvalue weighted by Crippen LogP contribution is -2.25. The third kappa shape index (κ3) is 4.25. The number of amides is 1. The summed E-state index contributed by atoms with van der Waals surface area (Å²) in [5.74, 6) is -0.0694. The Labute approximate surface area is 133 Å². The van der Waals surface area contributed by atoms with Gasteiger partial charge in [0.15, 0.2) is 0 Å². The van der Waals surface area contributed by atoms with E-state index in [0.717, 1.165) is 27.5 Å². The molecule has 1 aromatic carbocycles. The molecule has 0 saturated carbocycles. The third-order valence-electron chi connectivity index (χ3n) is 3.10. The first-order valence-corrected chi connectivity index (χ1v) is 7.84. The average Bonchev–Trinajstić information content (AvgIpc) is 2.46. The molecule has 2 aromatic rings. The van der Waals surface area contributed by atoms with Crippen LogP contribution in [0.4, 0.5) is 0 Å². The highest BCUT2D eigenvalue weighted by molar-refractivity contribution is 9.10. The molecule has 1 aromatic heterocycles. The van der Waals surface area contributed by atoms with Crippen molar-refractivity contribution in [2.24, 2.45) is 0 Å². The molecule has 4 nitrogen and oxygen atoms in total. The molecule has 0 aliphatic carbocycles. The second-order valence-electron chi connectivity index (χ2n) is 4.78. The van der Waals surface area contributed by atoms with Crippen LogP contribution in [0.15, 0.2) is 28.7 Å². The van der Waals surface area contributed by atoms with Crippen LogP contribution in [-0.2, 0) is 4.74 Å². The molecule has 0 aliphatic heterocycles. The van der Waals surface area contributed by atoms with E-state index in [1.807, 2.05) is 38.1 Å². The summed E-state index contributed by atoms with van der Waals surface area (Å²) in [5.41, 5.74) is 2.33. The van der Waals surface area contributed by atoms with Gasteiger partial charge in [-0.3, -0.25) is 9.78 Å². The first kappa shape index (κ1) is 15.9. The molecular weight excluding hydrogens is 332 g/mol. The van der Waals surface area contributed by atoms with E-state index in [1.54, 1.807) is 0 Å². The zero-order valence-electron chi connectivity index (χ0n) is 12.3. The third-order valence-corrected chi connectivity index (χ3v) is 3.59. The van der Waals surface area contributed by atoms with E-state index in [9.17, 15) is 4.79 Å². The smallest absolute Gasteiger partial charge is 0.252 e. The van der Waals surface area contributed by atoms with Gasteiger partial charge in [0.2, 0.25) is 0 Å². The highest BCUT2D eigenvalue weighted by atomic mass is 79.9. The second-order valence-corrected chi connectivity index (χ2v) is 5.69. The molecular formula is C16H19BrN2O2. The summed E-state index contributed by atoms with van der Waals surface area (Å²) in [6.45, 7) is 5.83. The Morgan fingerprint density at radius 2 is 2.19 bits per heavy atom. The quantitative estimate of drug-likeness (QED) is 0.811. The average molecular weight is 351 g/mol. The van der Waals surface area contributed by atoms with E-state index in [0.29, 0.717) is 25.3 Å². The number of carbonyl (C=O) groups excluding carboxylic acids is 1. The Bertz CT molecular complexity index is 643. The number of rotatable bonds is 6. The van der Waals surface area contributed by atoms with Crippen molar-refractivity contribution >= 4 is 32.7 Å². The van der Waals surface area contributed by atoms with Crippen LogP contribution in [0.1, 0.15) is 29.4 Å². The van der Waals surface area contributed by atoms with Gasteiger partial charge in [0.25, 0.3) is 5.91 Å². The first-order valence-electron chi connectivity index (χ1n) is 7.04. The Kier molecular flexibility index (Phi) is 5.70. The predicted octanol–water partition coefficient (Wildman–Crippen LogP) is 3.46. The van der Waals surface area contributed by atoms with Gasteiger partial charge in [-0.2, -0.15) is 0 Å². The molecule has 5 heteroatoms. The van der Waals surface area contributed by atoms with Gasteiger partial charge < -0.3 is 10.1 Å². The minimum Gasteiger partial charge on any atom is -0.382 e. The van der Waals surface area contributed by atoms with Crippen LogP contribution >= 0.6 is 15.9 Å². The fraction of sp³-hybridized carbons (Fsp3) is 0.375. The van der Waals surface area contributed by atoms with Crippen molar-refractivity contribution in [3.8, 4) is 0 Å². The van der Waals surface area contributed by atoms with Gasteiger partial charge in [-0.25, -0.2) is 0 Å². The number of hydrogen-bond donors (Lipinski definition) is 1. The molecule has 0 unspecified atom stereocenters. The van der Waals surface area contributed by atoms with Gasteiger partial charge in [0, 0.05) is 35.3 Å². The number of aromatic nitrogens is 1. The Morgan fingerprint density at radius 1 is 1.38 bits per heavy atom. The number of nitrogens with one attached hydrogen (secondary N) is 1. The molecule has 112 valence electrons. The zero-order valence-corrected chi connectivity index (χ0v) is 13.9. The van der Waals surface area contributed by atoms with Crippen LogP contribution in [0, 0.1) is 6.92 Å². The number of benzene rings is 1. The Morgan fingerprint density at radius 3 is 2.95 bits per heavy atom. The van der Waals surface area contributed by atoms with Gasteiger partial charge in [-0.15, -0.1) is 0 Å². The number of carbonyl (C=O) groups is 1. The first-order chi connectivity index (χ1) is 10.1. The van der Waals surface area contributed by atoms with Crippen LogP contribution in [0.3, 0.4) is 0 Å². The lowest BCUT2D eigenvalue weighted by Gasteiger charge is -2.09. The highest BCUT2D eigenvalue weighted by Crippen LogP contribution is 2.22. The van der Waals surface area contributed by atoms with Gasteiger partial charge in [-0.1, -0.05) is 15.9 Å². The molecule has 0 aliphatic rings. The van der Waals surface area contributed by atoms with E-state index in [1.165, 1.54) is 0 Å². The molecule has 1 heterocycles. The number of nitrogens with zero attached hydrogens (tertiary/aromatic N) is 1. The van der Waals surface area contributed by atoms with E-state index in [2.05, 4.69) is 26.2 Å². The van der Waals surface area contributed by atoms with Crippen molar-refractivity contribution in [1.29, 1.82) is 0 Å². The topological polar surface area (TPSA) is 51.2 Å². The maximum absolute atomic E-state index is 12.4. The lowest BCUT2D eigenvalue weighted by atomic mass is 10.1. The lowest BCUT2D eigenvalue weighted by molar-refractivity contribution is 0.0945. The van der Waals surface area contributed by atoms with Crippen molar-refractivity contribution in [3.63, 3.8) is 0 Å². The van der Waals surface area contributed by atoms with Crippen LogP contribution < -0.4 is 5.32 Å². The minimum absolute atomic E-state index is 0.0694. The summed E-state index contributed by atoms with van der Waals surface area (Å²) in [6, 6.07) is 7.60. The fourth-order valence-electron chi connectivity index (χ4n) is 2.13. The van der Waals surface area contributed by atoms with E-state index >= 15 is 0 Å². The van der Waals surface area contributed by atoms with Crippen molar-refractivity contribution in [3.05, 3.63) is 40.0 Å². The largest absolute Gasteiger partial charge is 0.382 e. The summed E-state index contributed by atoms with van der Waals surface area (Å²) in [6.07, 6.45) is 0.811. The maximum Gasteiger partial charge on any atom is 0.252 e. The Hall–Kier alpha value is -1.46. The number of halogens is 1. The van der Waals surface area contributed by atoms with E-state index < -0.39 is 0 Å². The summed E-state index contributed by atoms with van der Waals surface area (Å²) in [7, 11) is 0. The molecule has 2 rings (SSSR count). The van der Waals surface area contributed by atoms with Crippen LogP contribution in [-0.4, -0.2) is 30.6 Å². The summed E-state index contributed by atoms with van der Waals surface area (Å²) >= 11 is 3.44. The van der Waals surface area contributed by atoms with Crippen LogP contribution in [0.25, 0.3) is 10.9 Å². The van der Waals surface area contributed by atoms with Gasteiger partial charge in [-0.05, 0) is 44.5 Å². The summed E-state index contributed by atoms with van der Waals surface area (Å²) in [5, 5.41) is 3.79. The highest BCUT2D eigenvalue weighted by Gasteiger charge is 2.12. The number of aryl methyl sites for hydroxylation is 1. The molecule has 0 radical (unpaired) electrons. The monoisotopic (exact) mass is 350 g/mol. The SMILES string of the molecule is CCOCCCNC(=O)c1cc(C)nc2ccc(Br)cc12. The molecule has 0 atom stereocenters. The number of fused-ring (bicyclic) bond motifs is 1. The van der Waals surface area contributed by atoms with E-state index in [4.69, 9.17) is 4.74 Å². The standard InChI is InChI=1S/C16H19BrN2O2/c1-3-21-8-4-7-18-16(20)14-9-11(2)19-15-6-5-12(17)10-13(14)15/h5-6,9-10H,3-4,7-8H2,1-2H3,(H,18,20). The molecule has 0 saturated heterocycles. The van der Waals surface area contributed by atoms with Crippen molar-refractivity contribution in [1.82, 2.24) is 10.3 Å². The maximum atomic E-state index is 12.4.